The summed E-state index contributed by atoms with van der Waals surface area (Å²) in [6.07, 6.45) is 0.797. The molecule has 0 bridgehead atoms. The number of carbonyl (C=O) groups excluding carboxylic acids is 1. The van der Waals surface area contributed by atoms with Crippen molar-refractivity contribution in [3.8, 4) is 0 Å². The number of thiophene rings is 1. The number of carbonyl (C=O) groups is 2. The zero-order valence-electron chi connectivity index (χ0n) is 11.0. The van der Waals surface area contributed by atoms with Gasteiger partial charge in [0.25, 0.3) is 0 Å². The quantitative estimate of drug-likeness (QED) is 0.814. The molecule has 0 spiro atoms. The summed E-state index contributed by atoms with van der Waals surface area (Å²) in [7, 11) is 0. The van der Waals surface area contributed by atoms with Crippen LogP contribution in [0.15, 0.2) is 12.1 Å². The van der Waals surface area contributed by atoms with Crippen molar-refractivity contribution >= 4 is 34.8 Å². The fourth-order valence-corrected chi connectivity index (χ4v) is 2.83. The SMILES string of the molecule is CC(C)CC(CNC(=O)Cc1ccc(Cl)s1)C(=O)O. The topological polar surface area (TPSA) is 66.4 Å². The Morgan fingerprint density at radius 2 is 2.11 bits per heavy atom. The van der Waals surface area contributed by atoms with Gasteiger partial charge >= 0.3 is 5.97 Å². The van der Waals surface area contributed by atoms with Gasteiger partial charge in [-0.15, -0.1) is 11.3 Å². The van der Waals surface area contributed by atoms with Crippen LogP contribution in [0.4, 0.5) is 0 Å². The van der Waals surface area contributed by atoms with E-state index in [4.69, 9.17) is 16.7 Å². The first-order valence-electron chi connectivity index (χ1n) is 6.12. The van der Waals surface area contributed by atoms with E-state index in [1.807, 2.05) is 13.8 Å². The first-order valence-corrected chi connectivity index (χ1v) is 7.31. The van der Waals surface area contributed by atoms with Crippen LogP contribution in [0, 0.1) is 11.8 Å². The van der Waals surface area contributed by atoms with Gasteiger partial charge in [-0.2, -0.15) is 0 Å². The molecule has 1 aromatic heterocycles. The van der Waals surface area contributed by atoms with Gasteiger partial charge in [-0.25, -0.2) is 0 Å². The van der Waals surface area contributed by atoms with Crippen LogP contribution in [-0.2, 0) is 16.0 Å². The van der Waals surface area contributed by atoms with E-state index in [0.29, 0.717) is 10.8 Å². The maximum absolute atomic E-state index is 11.7. The summed E-state index contributed by atoms with van der Waals surface area (Å²) in [6, 6.07) is 3.54. The summed E-state index contributed by atoms with van der Waals surface area (Å²) in [6.45, 7) is 4.10. The van der Waals surface area contributed by atoms with E-state index in [-0.39, 0.29) is 24.8 Å². The Morgan fingerprint density at radius 1 is 1.42 bits per heavy atom. The van der Waals surface area contributed by atoms with Gasteiger partial charge in [-0.3, -0.25) is 9.59 Å². The molecule has 1 atom stereocenters. The zero-order valence-corrected chi connectivity index (χ0v) is 12.6. The maximum atomic E-state index is 11.7. The predicted molar refractivity (Wildman–Crippen MR) is 76.6 cm³/mol. The molecule has 4 nitrogen and oxygen atoms in total. The van der Waals surface area contributed by atoms with Crippen LogP contribution in [0.5, 0.6) is 0 Å². The summed E-state index contributed by atoms with van der Waals surface area (Å²) >= 11 is 7.13. The molecule has 106 valence electrons. The lowest BCUT2D eigenvalue weighted by molar-refractivity contribution is -0.142. The Balaban J connectivity index is 2.41. The van der Waals surface area contributed by atoms with Gasteiger partial charge in [-0.1, -0.05) is 25.4 Å². The average Bonchev–Trinajstić information content (AvgIpc) is 2.69. The first kappa shape index (κ1) is 16.0. The van der Waals surface area contributed by atoms with Gasteiger partial charge in [0, 0.05) is 11.4 Å². The van der Waals surface area contributed by atoms with Crippen LogP contribution < -0.4 is 5.32 Å². The minimum atomic E-state index is -0.867. The number of rotatable bonds is 7. The Kier molecular flexibility index (Phi) is 6.31. The highest BCUT2D eigenvalue weighted by Crippen LogP contribution is 2.21. The monoisotopic (exact) mass is 303 g/mol. The molecular weight excluding hydrogens is 286 g/mol. The lowest BCUT2D eigenvalue weighted by atomic mass is 9.97. The van der Waals surface area contributed by atoms with E-state index in [0.717, 1.165) is 4.88 Å². The second-order valence-electron chi connectivity index (χ2n) is 4.85. The maximum Gasteiger partial charge on any atom is 0.308 e. The molecule has 0 aliphatic heterocycles. The van der Waals surface area contributed by atoms with Crippen molar-refractivity contribution in [1.29, 1.82) is 0 Å². The second kappa shape index (κ2) is 7.50. The summed E-state index contributed by atoms with van der Waals surface area (Å²) in [5, 5.41) is 11.7. The number of halogens is 1. The van der Waals surface area contributed by atoms with E-state index in [2.05, 4.69) is 5.32 Å². The molecule has 0 radical (unpaired) electrons. The number of amides is 1. The van der Waals surface area contributed by atoms with Gasteiger partial charge in [0.1, 0.15) is 0 Å². The number of hydrogen-bond donors (Lipinski definition) is 2. The van der Waals surface area contributed by atoms with Crippen molar-refractivity contribution in [2.75, 3.05) is 6.54 Å². The van der Waals surface area contributed by atoms with Gasteiger partial charge in [-0.05, 0) is 24.5 Å². The molecule has 0 aliphatic carbocycles. The molecule has 1 amide bonds. The van der Waals surface area contributed by atoms with Crippen LogP contribution in [0.2, 0.25) is 4.34 Å². The van der Waals surface area contributed by atoms with Crippen molar-refractivity contribution in [1.82, 2.24) is 5.32 Å². The molecule has 0 fully saturated rings. The highest BCUT2D eigenvalue weighted by atomic mass is 35.5. The molecule has 0 aromatic carbocycles. The molecule has 1 aromatic rings. The lowest BCUT2D eigenvalue weighted by Crippen LogP contribution is -2.34. The average molecular weight is 304 g/mol. The third-order valence-corrected chi connectivity index (χ3v) is 3.85. The summed E-state index contributed by atoms with van der Waals surface area (Å²) in [5.74, 6) is -1.29. The molecule has 2 N–H and O–H groups in total. The van der Waals surface area contributed by atoms with E-state index < -0.39 is 11.9 Å². The van der Waals surface area contributed by atoms with E-state index in [9.17, 15) is 9.59 Å². The number of nitrogens with one attached hydrogen (secondary N) is 1. The number of carboxylic acid groups (broad SMARTS) is 1. The first-order chi connectivity index (χ1) is 8.88. The fourth-order valence-electron chi connectivity index (χ4n) is 1.75. The molecule has 0 saturated heterocycles. The van der Waals surface area contributed by atoms with Gasteiger partial charge in [0.05, 0.1) is 16.7 Å². The number of hydrogen-bond acceptors (Lipinski definition) is 3. The van der Waals surface area contributed by atoms with Crippen LogP contribution >= 0.6 is 22.9 Å². The number of aliphatic carboxylic acids is 1. The highest BCUT2D eigenvalue weighted by molar-refractivity contribution is 7.16. The van der Waals surface area contributed by atoms with E-state index in [1.165, 1.54) is 11.3 Å². The van der Waals surface area contributed by atoms with Crippen molar-refractivity contribution < 1.29 is 14.7 Å². The largest absolute Gasteiger partial charge is 0.481 e. The molecule has 0 saturated carbocycles. The third-order valence-electron chi connectivity index (χ3n) is 2.61. The molecule has 1 heterocycles. The normalized spacial score (nSPS) is 12.4. The molecule has 19 heavy (non-hydrogen) atoms. The Bertz CT molecular complexity index is 445. The Morgan fingerprint density at radius 3 is 2.58 bits per heavy atom. The molecule has 0 aliphatic rings. The molecule has 1 rings (SSSR count). The minimum absolute atomic E-state index is 0.172. The Labute approximate surface area is 121 Å². The molecule has 1 unspecified atom stereocenters. The van der Waals surface area contributed by atoms with Crippen LogP contribution in [0.3, 0.4) is 0 Å². The van der Waals surface area contributed by atoms with E-state index in [1.54, 1.807) is 12.1 Å². The van der Waals surface area contributed by atoms with Crippen molar-refractivity contribution in [2.45, 2.75) is 26.7 Å². The highest BCUT2D eigenvalue weighted by Gasteiger charge is 2.19. The third kappa shape index (κ3) is 6.07. The summed E-state index contributed by atoms with van der Waals surface area (Å²) < 4.78 is 0.644. The predicted octanol–water partition coefficient (Wildman–Crippen LogP) is 2.81. The van der Waals surface area contributed by atoms with Crippen LogP contribution in [-0.4, -0.2) is 23.5 Å². The van der Waals surface area contributed by atoms with Crippen molar-refractivity contribution in [3.05, 3.63) is 21.3 Å². The smallest absolute Gasteiger partial charge is 0.308 e. The zero-order chi connectivity index (χ0) is 14.4. The van der Waals surface area contributed by atoms with Gasteiger partial charge < -0.3 is 10.4 Å². The van der Waals surface area contributed by atoms with Gasteiger partial charge in [0.2, 0.25) is 5.91 Å². The number of carboxylic acids is 1. The standard InChI is InChI=1S/C13H18ClNO3S/c1-8(2)5-9(13(17)18)7-15-12(16)6-10-3-4-11(14)19-10/h3-4,8-9H,5-7H2,1-2H3,(H,15,16)(H,17,18). The van der Waals surface area contributed by atoms with Crippen molar-refractivity contribution in [3.63, 3.8) is 0 Å². The summed E-state index contributed by atoms with van der Waals surface area (Å²) in [4.78, 5) is 23.6. The van der Waals surface area contributed by atoms with Crippen LogP contribution in [0.25, 0.3) is 0 Å². The minimum Gasteiger partial charge on any atom is -0.481 e. The Hall–Kier alpha value is -1.07. The lowest BCUT2D eigenvalue weighted by Gasteiger charge is -2.15. The van der Waals surface area contributed by atoms with Gasteiger partial charge in [0.15, 0.2) is 0 Å². The second-order valence-corrected chi connectivity index (χ2v) is 6.65. The molecule has 6 heteroatoms. The fraction of sp³-hybridized carbons (Fsp3) is 0.538. The van der Waals surface area contributed by atoms with Crippen LogP contribution in [0.1, 0.15) is 25.1 Å². The molecular formula is C13H18ClNO3S. The summed E-state index contributed by atoms with van der Waals surface area (Å²) in [5.41, 5.74) is 0. The van der Waals surface area contributed by atoms with Crippen molar-refractivity contribution in [2.24, 2.45) is 11.8 Å². The van der Waals surface area contributed by atoms with E-state index >= 15 is 0 Å².